The summed E-state index contributed by atoms with van der Waals surface area (Å²) in [5.74, 6) is -1.15. The Hall–Kier alpha value is -3.51. The van der Waals surface area contributed by atoms with Crippen LogP contribution in [0.15, 0.2) is 72.3 Å². The van der Waals surface area contributed by atoms with Gasteiger partial charge in [0.15, 0.2) is 5.56 Å². The number of amides is 1. The molecule has 0 fully saturated rings. The molecule has 0 spiro atoms. The molecule has 0 saturated heterocycles. The van der Waals surface area contributed by atoms with Crippen molar-refractivity contribution in [1.82, 2.24) is 9.47 Å². The fourth-order valence-corrected chi connectivity index (χ4v) is 5.07. The summed E-state index contributed by atoms with van der Waals surface area (Å²) in [4.78, 5) is 27.9. The number of aromatic nitrogens is 1. The molecule has 0 aliphatic heterocycles. The third-order valence-corrected chi connectivity index (χ3v) is 6.78. The van der Waals surface area contributed by atoms with Crippen LogP contribution in [-0.4, -0.2) is 40.7 Å². The van der Waals surface area contributed by atoms with Crippen molar-refractivity contribution in [2.24, 2.45) is 13.0 Å². The molecule has 3 atom stereocenters. The smallest absolute Gasteiger partial charge is 0.411 e. The highest BCUT2D eigenvalue weighted by Crippen LogP contribution is 2.44. The number of allylic oxidation sites excluding steroid dienone is 2. The Labute approximate surface area is 216 Å². The van der Waals surface area contributed by atoms with Gasteiger partial charge in [-0.15, -0.1) is 0 Å². The Morgan fingerprint density at radius 2 is 1.83 bits per heavy atom. The molecule has 1 heterocycles. The fraction of sp³-hybridized carbons (Fsp3) is 0.310. The molecule has 0 saturated carbocycles. The number of methoxy groups -OCH3 is 1. The van der Waals surface area contributed by atoms with E-state index in [0.717, 1.165) is 33.3 Å². The molecule has 1 unspecified atom stereocenters. The number of ether oxygens (including phenoxy) is 2. The highest BCUT2D eigenvalue weighted by molar-refractivity contribution is 6.19. The maximum absolute atomic E-state index is 13.3. The number of rotatable bonds is 7. The van der Waals surface area contributed by atoms with E-state index in [1.165, 1.54) is 7.11 Å². The molecule has 2 aromatic carbocycles. The van der Waals surface area contributed by atoms with Gasteiger partial charge in [0.1, 0.15) is 0 Å². The van der Waals surface area contributed by atoms with Crippen LogP contribution in [0.2, 0.25) is 0 Å². The lowest BCUT2D eigenvalue weighted by Crippen LogP contribution is -2.37. The zero-order valence-corrected chi connectivity index (χ0v) is 21.7. The number of para-hydroxylation sites is 1. The van der Waals surface area contributed by atoms with Crippen LogP contribution in [0.1, 0.15) is 36.6 Å². The molecule has 0 N–H and O–H groups in total. The van der Waals surface area contributed by atoms with E-state index in [2.05, 4.69) is 10.6 Å². The Kier molecular flexibility index (Phi) is 7.85. The van der Waals surface area contributed by atoms with Crippen molar-refractivity contribution in [2.45, 2.75) is 31.9 Å². The van der Waals surface area contributed by atoms with E-state index in [9.17, 15) is 9.59 Å². The number of nitrogens with zero attached hydrogens (tertiary/aromatic N) is 2. The Morgan fingerprint density at radius 1 is 1.14 bits per heavy atom. The number of aryl methyl sites for hydroxylation is 1. The minimum atomic E-state index is -0.763. The Morgan fingerprint density at radius 3 is 2.50 bits per heavy atom. The van der Waals surface area contributed by atoms with Gasteiger partial charge < -0.3 is 14.0 Å². The summed E-state index contributed by atoms with van der Waals surface area (Å²) in [7, 11) is 3.42. The molecule has 6 nitrogen and oxygen atoms in total. The van der Waals surface area contributed by atoms with Crippen molar-refractivity contribution in [3.8, 4) is 0 Å². The Bertz CT molecular complexity index is 1310. The second-order valence-corrected chi connectivity index (χ2v) is 9.51. The second kappa shape index (κ2) is 11.0. The van der Waals surface area contributed by atoms with Gasteiger partial charge in [-0.2, -0.15) is 0 Å². The van der Waals surface area contributed by atoms with Gasteiger partial charge in [-0.25, -0.2) is 4.79 Å². The first-order chi connectivity index (χ1) is 17.3. The highest BCUT2D eigenvalue weighted by atomic mass is 35.5. The fourth-order valence-electron chi connectivity index (χ4n) is 5.00. The molecule has 4 rings (SSSR count). The predicted molar refractivity (Wildman–Crippen MR) is 143 cm³/mol. The summed E-state index contributed by atoms with van der Waals surface area (Å²) in [5, 5.41) is 1.02. The monoisotopic (exact) mass is 506 g/mol. The number of fused-ring (bicyclic) bond motifs is 3. The normalized spacial score (nSPS) is 18.0. The van der Waals surface area contributed by atoms with Gasteiger partial charge >= 0.3 is 12.1 Å². The summed E-state index contributed by atoms with van der Waals surface area (Å²) < 4.78 is 12.7. The molecule has 0 bridgehead atoms. The first kappa shape index (κ1) is 25.6. The number of hydrogen-bond acceptors (Lipinski definition) is 4. The number of halogens is 1. The lowest BCUT2D eigenvalue weighted by molar-refractivity contribution is -0.143. The van der Waals surface area contributed by atoms with Gasteiger partial charge in [-0.1, -0.05) is 72.3 Å². The van der Waals surface area contributed by atoms with E-state index >= 15 is 0 Å². The molecular weight excluding hydrogens is 476 g/mol. The molecular formula is C29H31ClN2O4. The standard InChI is InChI=1S/C29H31ClN2O4/c1-5-21(18-32(29(34)36-19(2)30)17-20-11-7-6-8-12-20)22-15-16-25-26(27(22)28(33)35-4)23-13-9-10-14-24(23)31(25)3/h5-16,19,22,27H,17-18H2,1-4H3/b21-5-/t19?,22-,27-/m0/s1. The van der Waals surface area contributed by atoms with Crippen LogP contribution in [-0.2, 0) is 27.9 Å². The van der Waals surface area contributed by atoms with Crippen molar-refractivity contribution < 1.29 is 19.1 Å². The largest absolute Gasteiger partial charge is 0.469 e. The van der Waals surface area contributed by atoms with E-state index in [-0.39, 0.29) is 18.4 Å². The zero-order chi connectivity index (χ0) is 25.8. The van der Waals surface area contributed by atoms with Gasteiger partial charge in [-0.3, -0.25) is 9.69 Å². The maximum Gasteiger partial charge on any atom is 0.411 e. The van der Waals surface area contributed by atoms with Crippen LogP contribution < -0.4 is 0 Å². The van der Waals surface area contributed by atoms with Gasteiger partial charge in [-0.05, 0) is 37.1 Å². The van der Waals surface area contributed by atoms with Crippen LogP contribution in [0.3, 0.4) is 0 Å². The molecule has 1 aliphatic carbocycles. The first-order valence-electron chi connectivity index (χ1n) is 12.0. The van der Waals surface area contributed by atoms with Crippen molar-refractivity contribution in [2.75, 3.05) is 13.7 Å². The maximum atomic E-state index is 13.3. The van der Waals surface area contributed by atoms with E-state index < -0.39 is 17.6 Å². The van der Waals surface area contributed by atoms with Crippen molar-refractivity contribution in [3.63, 3.8) is 0 Å². The van der Waals surface area contributed by atoms with Crippen molar-refractivity contribution in [1.29, 1.82) is 0 Å². The quantitative estimate of drug-likeness (QED) is 0.216. The molecule has 3 aromatic rings. The van der Waals surface area contributed by atoms with Crippen LogP contribution in [0.4, 0.5) is 4.79 Å². The number of carbonyl (C=O) groups is 2. The van der Waals surface area contributed by atoms with Gasteiger partial charge in [0, 0.05) is 48.2 Å². The topological polar surface area (TPSA) is 60.8 Å². The number of alkyl halides is 1. The predicted octanol–water partition coefficient (Wildman–Crippen LogP) is 6.25. The summed E-state index contributed by atoms with van der Waals surface area (Å²) >= 11 is 5.98. The van der Waals surface area contributed by atoms with Gasteiger partial charge in [0.05, 0.1) is 13.0 Å². The zero-order valence-electron chi connectivity index (χ0n) is 21.0. The van der Waals surface area contributed by atoms with E-state index in [0.29, 0.717) is 6.54 Å². The average molecular weight is 507 g/mol. The molecule has 1 amide bonds. The minimum Gasteiger partial charge on any atom is -0.469 e. The number of carbonyl (C=O) groups excluding carboxylic acids is 2. The van der Waals surface area contributed by atoms with Crippen LogP contribution in [0, 0.1) is 5.92 Å². The SMILES string of the molecule is C/C=C(/CN(Cc1ccccc1)C(=O)OC(C)Cl)[C@@H]1C=Cc2c(c3ccccc3n2C)[C@H]1C(=O)OC. The number of esters is 1. The van der Waals surface area contributed by atoms with Gasteiger partial charge in [0.25, 0.3) is 0 Å². The van der Waals surface area contributed by atoms with E-state index in [4.69, 9.17) is 21.1 Å². The lowest BCUT2D eigenvalue weighted by Gasteiger charge is -2.32. The third-order valence-electron chi connectivity index (χ3n) is 6.69. The molecule has 1 aliphatic rings. The van der Waals surface area contributed by atoms with E-state index in [1.54, 1.807) is 11.8 Å². The molecule has 36 heavy (non-hydrogen) atoms. The number of benzene rings is 2. The lowest BCUT2D eigenvalue weighted by atomic mass is 9.76. The summed E-state index contributed by atoms with van der Waals surface area (Å²) in [6.45, 7) is 4.15. The van der Waals surface area contributed by atoms with Crippen LogP contribution >= 0.6 is 11.6 Å². The first-order valence-corrected chi connectivity index (χ1v) is 12.4. The van der Waals surface area contributed by atoms with Gasteiger partial charge in [0.2, 0.25) is 0 Å². The molecule has 0 radical (unpaired) electrons. The summed E-state index contributed by atoms with van der Waals surface area (Å²) in [6, 6.07) is 17.8. The van der Waals surface area contributed by atoms with E-state index in [1.807, 2.05) is 80.7 Å². The van der Waals surface area contributed by atoms with Crippen LogP contribution in [0.5, 0.6) is 0 Å². The number of hydrogen-bond donors (Lipinski definition) is 0. The molecule has 1 aromatic heterocycles. The van der Waals surface area contributed by atoms with Crippen molar-refractivity contribution >= 4 is 40.6 Å². The minimum absolute atomic E-state index is 0.274. The summed E-state index contributed by atoms with van der Waals surface area (Å²) in [5.41, 5.74) is 4.09. The third kappa shape index (κ3) is 5.05. The summed E-state index contributed by atoms with van der Waals surface area (Å²) in [6.07, 6.45) is 5.55. The average Bonchev–Trinajstić information content (AvgIpc) is 3.17. The van der Waals surface area contributed by atoms with Crippen LogP contribution in [0.25, 0.3) is 17.0 Å². The molecule has 7 heteroatoms. The Balaban J connectivity index is 1.72. The molecule has 188 valence electrons. The second-order valence-electron chi connectivity index (χ2n) is 8.89. The van der Waals surface area contributed by atoms with Crippen molar-refractivity contribution in [3.05, 3.63) is 89.1 Å². The highest BCUT2D eigenvalue weighted by Gasteiger charge is 2.39.